The molecule has 130 valence electrons. The molecule has 5 N–H and O–H groups in total. The number of allylic oxidation sites excluding steroid dienone is 1. The van der Waals surface area contributed by atoms with Crippen molar-refractivity contribution in [3.63, 3.8) is 0 Å². The highest BCUT2D eigenvalue weighted by atomic mass is 32.2. The van der Waals surface area contributed by atoms with Crippen molar-refractivity contribution in [3.8, 4) is 11.5 Å². The molecule has 0 saturated heterocycles. The van der Waals surface area contributed by atoms with Crippen LogP contribution in [0.25, 0.3) is 5.76 Å². The summed E-state index contributed by atoms with van der Waals surface area (Å²) < 4.78 is 0. The largest absolute Gasteiger partial charge is 0.507 e. The fourth-order valence-corrected chi connectivity index (χ4v) is 4.15. The molecule has 0 atom stereocenters. The number of hydrogen-bond acceptors (Lipinski definition) is 9. The van der Waals surface area contributed by atoms with Gasteiger partial charge in [-0.05, 0) is 6.92 Å². The highest BCUT2D eigenvalue weighted by Gasteiger charge is 2.38. The van der Waals surface area contributed by atoms with Crippen molar-refractivity contribution in [2.24, 2.45) is 0 Å². The molecule has 0 amide bonds. The number of Topliss-reactive ketones (excluding diaryl/α,β-unsaturated/α-hetero) is 2. The summed E-state index contributed by atoms with van der Waals surface area (Å²) in [7, 11) is 0. The van der Waals surface area contributed by atoms with Crippen molar-refractivity contribution < 1.29 is 35.1 Å². The van der Waals surface area contributed by atoms with Gasteiger partial charge in [0.25, 0.3) is 0 Å². The number of phenolic OH excluding ortho intramolecular Hbond substituents is 2. The van der Waals surface area contributed by atoms with E-state index in [9.17, 15) is 24.9 Å². The molecule has 1 aliphatic rings. The molecule has 0 radical (unpaired) electrons. The first-order valence-corrected chi connectivity index (χ1v) is 8.92. The van der Waals surface area contributed by atoms with Gasteiger partial charge in [0.15, 0.2) is 0 Å². The van der Waals surface area contributed by atoms with Gasteiger partial charge in [-0.25, -0.2) is 0 Å². The van der Waals surface area contributed by atoms with Gasteiger partial charge in [-0.3, -0.25) is 9.59 Å². The van der Waals surface area contributed by atoms with Crippen LogP contribution in [0.4, 0.5) is 0 Å². The molecule has 9 heteroatoms. The first-order valence-electron chi connectivity index (χ1n) is 6.95. The predicted octanol–water partition coefficient (Wildman–Crippen LogP) is 1.32. The van der Waals surface area contributed by atoms with Crippen molar-refractivity contribution in [2.75, 3.05) is 24.7 Å². The first kappa shape index (κ1) is 18.7. The van der Waals surface area contributed by atoms with Gasteiger partial charge < -0.3 is 25.5 Å². The molecule has 1 aromatic carbocycles. The number of thioether (sulfide) groups is 2. The molecule has 24 heavy (non-hydrogen) atoms. The number of carbonyl (C=O) groups is 2. The maximum atomic E-state index is 12.2. The van der Waals surface area contributed by atoms with E-state index in [0.29, 0.717) is 0 Å². The van der Waals surface area contributed by atoms with Crippen molar-refractivity contribution in [1.82, 2.24) is 0 Å². The minimum atomic E-state index is -1.02. The van der Waals surface area contributed by atoms with E-state index < -0.39 is 34.4 Å². The highest BCUT2D eigenvalue weighted by Crippen LogP contribution is 2.51. The molecule has 0 unspecified atom stereocenters. The molecule has 1 aliphatic carbocycles. The number of aliphatic hydroxyl groups excluding tert-OH is 3. The summed E-state index contributed by atoms with van der Waals surface area (Å²) in [4.78, 5) is 24.4. The molecular weight excluding hydrogens is 356 g/mol. The van der Waals surface area contributed by atoms with Crippen LogP contribution in [0.1, 0.15) is 22.8 Å². The standard InChI is InChI=1S/C15H16O7S2/c1-6-9(18)7-8(11(20)10(6)19)13(22)15(24-5-3-17)14(12(7)21)23-4-2-16/h16-18,21-22H,2-5H2,1H3. The SMILES string of the molecule is CC1=C(O)c2c(O)c(SCCO)c(SCCO)c(O)c2C(=O)C1=O. The Bertz CT molecular complexity index is 740. The number of aliphatic hydroxyl groups is 3. The topological polar surface area (TPSA) is 135 Å². The zero-order chi connectivity index (χ0) is 18.0. The number of ketones is 2. The van der Waals surface area contributed by atoms with Gasteiger partial charge >= 0.3 is 0 Å². The fourth-order valence-electron chi connectivity index (χ4n) is 2.27. The van der Waals surface area contributed by atoms with Gasteiger partial charge in [-0.15, -0.1) is 23.5 Å². The fraction of sp³-hybridized carbons (Fsp3) is 0.333. The number of aromatic hydroxyl groups is 2. The number of hydrogen-bond donors (Lipinski definition) is 5. The third-order valence-corrected chi connectivity index (χ3v) is 5.68. The predicted molar refractivity (Wildman–Crippen MR) is 90.0 cm³/mol. The lowest BCUT2D eigenvalue weighted by Crippen LogP contribution is -2.23. The van der Waals surface area contributed by atoms with Crippen molar-refractivity contribution in [2.45, 2.75) is 16.7 Å². The van der Waals surface area contributed by atoms with Crippen LogP contribution in [-0.4, -0.2) is 61.8 Å². The molecule has 2 rings (SSSR count). The van der Waals surface area contributed by atoms with Crippen LogP contribution in [-0.2, 0) is 4.79 Å². The second kappa shape index (κ2) is 7.47. The van der Waals surface area contributed by atoms with E-state index in [-0.39, 0.29) is 45.6 Å². The van der Waals surface area contributed by atoms with Crippen molar-refractivity contribution in [1.29, 1.82) is 0 Å². The third kappa shape index (κ3) is 3.00. The molecule has 7 nitrogen and oxygen atoms in total. The smallest absolute Gasteiger partial charge is 0.237 e. The molecule has 0 spiro atoms. The maximum absolute atomic E-state index is 12.2. The summed E-state index contributed by atoms with van der Waals surface area (Å²) in [5.74, 6) is -3.12. The summed E-state index contributed by atoms with van der Waals surface area (Å²) in [6.45, 7) is 0.859. The minimum absolute atomic E-state index is 0.118. The van der Waals surface area contributed by atoms with Gasteiger partial charge in [0.1, 0.15) is 17.3 Å². The molecule has 0 fully saturated rings. The molecule has 0 saturated carbocycles. The summed E-state index contributed by atoms with van der Waals surface area (Å²) in [5, 5.41) is 49.1. The van der Waals surface area contributed by atoms with Crippen LogP contribution in [0.2, 0.25) is 0 Å². The molecule has 0 aliphatic heterocycles. The lowest BCUT2D eigenvalue weighted by Gasteiger charge is -2.22. The van der Waals surface area contributed by atoms with Crippen LogP contribution in [0.3, 0.4) is 0 Å². The Kier molecular flexibility index (Phi) is 5.81. The maximum Gasteiger partial charge on any atom is 0.237 e. The highest BCUT2D eigenvalue weighted by molar-refractivity contribution is 8.02. The Labute approximate surface area is 146 Å². The van der Waals surface area contributed by atoms with Crippen LogP contribution in [0.5, 0.6) is 11.5 Å². The van der Waals surface area contributed by atoms with E-state index in [1.165, 1.54) is 6.92 Å². The Morgan fingerprint density at radius 3 is 1.71 bits per heavy atom. The molecule has 0 heterocycles. The van der Waals surface area contributed by atoms with Crippen LogP contribution in [0, 0.1) is 0 Å². The van der Waals surface area contributed by atoms with Crippen LogP contribution in [0.15, 0.2) is 15.4 Å². The molecule has 1 aromatic rings. The summed E-state index contributed by atoms with van der Waals surface area (Å²) >= 11 is 2.02. The Morgan fingerprint density at radius 2 is 1.25 bits per heavy atom. The van der Waals surface area contributed by atoms with E-state index >= 15 is 0 Å². The lowest BCUT2D eigenvalue weighted by atomic mass is 9.88. The Hall–Kier alpha value is -1.68. The normalized spacial score (nSPS) is 14.3. The van der Waals surface area contributed by atoms with Gasteiger partial charge in [0.05, 0.1) is 34.1 Å². The first-order chi connectivity index (χ1) is 11.4. The summed E-state index contributed by atoms with van der Waals surface area (Å²) in [6, 6.07) is 0. The molecular formula is C15H16O7S2. The van der Waals surface area contributed by atoms with E-state index in [0.717, 1.165) is 23.5 Å². The summed E-state index contributed by atoms with van der Waals surface area (Å²) in [6.07, 6.45) is 0. The zero-order valence-electron chi connectivity index (χ0n) is 12.7. The average molecular weight is 372 g/mol. The monoisotopic (exact) mass is 372 g/mol. The number of fused-ring (bicyclic) bond motifs is 1. The average Bonchev–Trinajstić information content (AvgIpc) is 2.57. The van der Waals surface area contributed by atoms with E-state index in [1.807, 2.05) is 0 Å². The number of rotatable bonds is 6. The van der Waals surface area contributed by atoms with Gasteiger partial charge in [0, 0.05) is 17.1 Å². The van der Waals surface area contributed by atoms with Crippen LogP contribution < -0.4 is 0 Å². The van der Waals surface area contributed by atoms with E-state index in [4.69, 9.17) is 10.2 Å². The van der Waals surface area contributed by atoms with E-state index in [1.54, 1.807) is 0 Å². The van der Waals surface area contributed by atoms with Crippen molar-refractivity contribution >= 4 is 40.8 Å². The molecule has 0 aromatic heterocycles. The van der Waals surface area contributed by atoms with Crippen LogP contribution >= 0.6 is 23.5 Å². The third-order valence-electron chi connectivity index (χ3n) is 3.40. The Balaban J connectivity index is 2.79. The van der Waals surface area contributed by atoms with Crippen molar-refractivity contribution in [3.05, 3.63) is 16.7 Å². The number of benzene rings is 1. The minimum Gasteiger partial charge on any atom is -0.507 e. The zero-order valence-corrected chi connectivity index (χ0v) is 14.3. The Morgan fingerprint density at radius 1 is 0.792 bits per heavy atom. The quantitative estimate of drug-likeness (QED) is 0.284. The molecule has 0 bridgehead atoms. The number of phenols is 2. The summed E-state index contributed by atoms with van der Waals surface area (Å²) in [5.41, 5.74) is -0.950. The second-order valence-electron chi connectivity index (χ2n) is 4.88. The lowest BCUT2D eigenvalue weighted by molar-refractivity contribution is -0.111. The van der Waals surface area contributed by atoms with Gasteiger partial charge in [0.2, 0.25) is 11.6 Å². The second-order valence-corrected chi connectivity index (χ2v) is 7.09. The van der Waals surface area contributed by atoms with Gasteiger partial charge in [-0.1, -0.05) is 0 Å². The van der Waals surface area contributed by atoms with Gasteiger partial charge in [-0.2, -0.15) is 0 Å². The number of carbonyl (C=O) groups excluding carboxylic acids is 2. The van der Waals surface area contributed by atoms with E-state index in [2.05, 4.69) is 0 Å².